The van der Waals surface area contributed by atoms with Crippen LogP contribution in [0.1, 0.15) is 84.5 Å². The molecule has 5 N–H and O–H groups in total. The summed E-state index contributed by atoms with van der Waals surface area (Å²) in [6.07, 6.45) is 12.5. The van der Waals surface area contributed by atoms with Gasteiger partial charge in [-0.2, -0.15) is 16.8 Å². The summed E-state index contributed by atoms with van der Waals surface area (Å²) in [6.45, 7) is 4.01. The molecule has 1 unspecified atom stereocenters. The molecule has 0 aliphatic heterocycles. The van der Waals surface area contributed by atoms with Crippen LogP contribution in [0.25, 0.3) is 0 Å². The van der Waals surface area contributed by atoms with E-state index in [0.29, 0.717) is 13.0 Å². The average Bonchev–Trinajstić information content (AvgIpc) is 2.60. The summed E-state index contributed by atoms with van der Waals surface area (Å²) in [7, 11) is -6.18. The van der Waals surface area contributed by atoms with Crippen LogP contribution in [0.4, 0.5) is 0 Å². The van der Waals surface area contributed by atoms with Gasteiger partial charge in [0.15, 0.2) is 0 Å². The molecule has 0 aliphatic rings. The Labute approximate surface area is 201 Å². The second-order valence-corrected chi connectivity index (χ2v) is 11.0. The molecule has 11 heteroatoms. The fraction of sp³-hybridized carbons (Fsp3) is 1.00. The van der Waals surface area contributed by atoms with E-state index in [4.69, 9.17) is 10.3 Å². The van der Waals surface area contributed by atoms with Gasteiger partial charge < -0.3 is 11.1 Å². The van der Waals surface area contributed by atoms with E-state index < -0.39 is 25.0 Å². The summed E-state index contributed by atoms with van der Waals surface area (Å²) in [6, 6.07) is 0. The third-order valence-corrected chi connectivity index (χ3v) is 7.06. The Hall–Kier alpha value is 0.740. The van der Waals surface area contributed by atoms with Crippen molar-refractivity contribution in [3.05, 3.63) is 0 Å². The van der Waals surface area contributed by atoms with Gasteiger partial charge in [0.2, 0.25) is 0 Å². The van der Waals surface area contributed by atoms with Gasteiger partial charge in [-0.3, -0.25) is 9.11 Å². The van der Waals surface area contributed by atoms with Crippen LogP contribution >= 0.6 is 0 Å². The van der Waals surface area contributed by atoms with Gasteiger partial charge in [-0.1, -0.05) is 71.1 Å². The SMILES string of the molecule is CCCCCCCCCCCCC(C)(CN)S(=O)(=O)O.CNCCS(=O)(=O)O.[NaH]. The number of hydrogen-bond acceptors (Lipinski definition) is 6. The fourth-order valence-corrected chi connectivity index (χ4v) is 3.63. The standard InChI is InChI=1S/C15H33NO3S.C3H9NO3S.Na.H/c1-3-4-5-6-7-8-9-10-11-12-13-15(2,14-16)20(17,18)19;1-4-2-3-8(5,6)7;;/h3-14,16H2,1-2H3,(H,17,18,19);4H,2-3H2,1H3,(H,5,6,7);;. The summed E-state index contributed by atoms with van der Waals surface area (Å²) < 4.78 is 58.4. The number of hydrogen-bond donors (Lipinski definition) is 4. The van der Waals surface area contributed by atoms with Crippen LogP contribution in [0.3, 0.4) is 0 Å². The van der Waals surface area contributed by atoms with Crippen molar-refractivity contribution in [1.82, 2.24) is 5.32 Å². The second-order valence-electron chi connectivity index (χ2n) is 7.45. The van der Waals surface area contributed by atoms with Crippen molar-refractivity contribution in [2.45, 2.75) is 89.2 Å². The van der Waals surface area contributed by atoms with Crippen molar-refractivity contribution < 1.29 is 25.9 Å². The van der Waals surface area contributed by atoms with E-state index in [1.165, 1.54) is 51.9 Å². The Morgan fingerprint density at radius 2 is 1.28 bits per heavy atom. The minimum absolute atomic E-state index is 0. The van der Waals surface area contributed by atoms with E-state index in [1.807, 2.05) is 0 Å². The Bertz CT molecular complexity index is 573. The molecule has 0 aromatic carbocycles. The molecule has 1 atom stereocenters. The molecule has 0 rings (SSSR count). The van der Waals surface area contributed by atoms with Crippen molar-refractivity contribution in [3.8, 4) is 0 Å². The predicted molar refractivity (Wildman–Crippen MR) is 123 cm³/mol. The zero-order chi connectivity index (χ0) is 22.1. The zero-order valence-electron chi connectivity index (χ0n) is 17.8. The van der Waals surface area contributed by atoms with Crippen LogP contribution < -0.4 is 11.1 Å². The van der Waals surface area contributed by atoms with Crippen molar-refractivity contribution in [2.24, 2.45) is 5.73 Å². The van der Waals surface area contributed by atoms with Crippen LogP contribution in [-0.4, -0.2) is 86.1 Å². The molecule has 174 valence electrons. The summed E-state index contributed by atoms with van der Waals surface area (Å²) in [5.41, 5.74) is 5.47. The summed E-state index contributed by atoms with van der Waals surface area (Å²) in [5, 5.41) is 2.59. The Balaban J connectivity index is -0.000000636. The number of nitrogens with one attached hydrogen (secondary N) is 1. The van der Waals surface area contributed by atoms with Gasteiger partial charge in [0.25, 0.3) is 20.2 Å². The monoisotopic (exact) mass is 470 g/mol. The topological polar surface area (TPSA) is 147 Å². The van der Waals surface area contributed by atoms with E-state index in [-0.39, 0.29) is 41.9 Å². The van der Waals surface area contributed by atoms with Crippen molar-refractivity contribution in [1.29, 1.82) is 0 Å². The summed E-state index contributed by atoms with van der Waals surface area (Å²) in [4.78, 5) is 0. The fourth-order valence-electron chi connectivity index (χ4n) is 2.55. The summed E-state index contributed by atoms with van der Waals surface area (Å²) in [5.74, 6) is -0.219. The quantitative estimate of drug-likeness (QED) is 0.153. The normalized spacial score (nSPS) is 13.7. The first-order valence-corrected chi connectivity index (χ1v) is 13.2. The Morgan fingerprint density at radius 3 is 1.55 bits per heavy atom. The van der Waals surface area contributed by atoms with Gasteiger partial charge in [-0.15, -0.1) is 0 Å². The van der Waals surface area contributed by atoms with Gasteiger partial charge in [0.05, 0.1) is 5.75 Å². The van der Waals surface area contributed by atoms with Crippen LogP contribution in [0.5, 0.6) is 0 Å². The van der Waals surface area contributed by atoms with E-state index in [9.17, 15) is 21.4 Å². The molecule has 0 aliphatic carbocycles. The van der Waals surface area contributed by atoms with Gasteiger partial charge in [-0.05, 0) is 20.4 Å². The third-order valence-electron chi connectivity index (χ3n) is 4.72. The molecule has 0 fully saturated rings. The van der Waals surface area contributed by atoms with Crippen molar-refractivity contribution in [3.63, 3.8) is 0 Å². The molecule has 0 aromatic rings. The average molecular weight is 471 g/mol. The molecule has 0 saturated heterocycles. The zero-order valence-corrected chi connectivity index (χ0v) is 19.5. The van der Waals surface area contributed by atoms with Gasteiger partial charge in [-0.25, -0.2) is 0 Å². The summed E-state index contributed by atoms with van der Waals surface area (Å²) >= 11 is 0. The first-order valence-electron chi connectivity index (χ1n) is 10.2. The molecular formula is C18H43N2NaO6S2. The van der Waals surface area contributed by atoms with Crippen molar-refractivity contribution in [2.75, 3.05) is 25.9 Å². The van der Waals surface area contributed by atoms with Gasteiger partial charge >= 0.3 is 29.6 Å². The van der Waals surface area contributed by atoms with Crippen LogP contribution in [0.2, 0.25) is 0 Å². The molecule has 0 amide bonds. The molecule has 29 heavy (non-hydrogen) atoms. The predicted octanol–water partition coefficient (Wildman–Crippen LogP) is 2.35. The Kier molecular flexibility index (Phi) is 23.0. The molecule has 0 bridgehead atoms. The molecule has 0 saturated carbocycles. The molecule has 0 heterocycles. The van der Waals surface area contributed by atoms with E-state index in [0.717, 1.165) is 19.3 Å². The first-order chi connectivity index (χ1) is 12.9. The molecule has 0 radical (unpaired) electrons. The molecule has 0 spiro atoms. The maximum absolute atomic E-state index is 11.3. The van der Waals surface area contributed by atoms with Crippen LogP contribution in [0, 0.1) is 0 Å². The Morgan fingerprint density at radius 1 is 0.862 bits per heavy atom. The minimum atomic E-state index is -4.05. The van der Waals surface area contributed by atoms with Gasteiger partial charge in [0, 0.05) is 13.1 Å². The van der Waals surface area contributed by atoms with Crippen molar-refractivity contribution >= 4 is 49.8 Å². The molecule has 8 nitrogen and oxygen atoms in total. The number of nitrogens with two attached hydrogens (primary N) is 1. The molecular weight excluding hydrogens is 427 g/mol. The van der Waals surface area contributed by atoms with Crippen LogP contribution in [-0.2, 0) is 20.2 Å². The maximum atomic E-state index is 11.3. The third kappa shape index (κ3) is 21.7. The second kappa shape index (κ2) is 19.4. The van der Waals surface area contributed by atoms with E-state index in [2.05, 4.69) is 12.2 Å². The first kappa shape index (κ1) is 34.4. The van der Waals surface area contributed by atoms with E-state index in [1.54, 1.807) is 7.05 Å². The number of rotatable bonds is 16. The van der Waals surface area contributed by atoms with Crippen LogP contribution in [0.15, 0.2) is 0 Å². The van der Waals surface area contributed by atoms with Gasteiger partial charge in [0.1, 0.15) is 4.75 Å². The van der Waals surface area contributed by atoms with E-state index >= 15 is 0 Å². The molecule has 0 aromatic heterocycles. The number of unbranched alkanes of at least 4 members (excludes halogenated alkanes) is 9.